The van der Waals surface area contributed by atoms with Crippen molar-refractivity contribution in [1.29, 1.82) is 0 Å². The lowest BCUT2D eigenvalue weighted by molar-refractivity contribution is -0.137. The van der Waals surface area contributed by atoms with Crippen LogP contribution in [0, 0.1) is 17.7 Å². The van der Waals surface area contributed by atoms with Gasteiger partial charge in [0.2, 0.25) is 11.8 Å². The van der Waals surface area contributed by atoms with Gasteiger partial charge in [0.05, 0.1) is 11.5 Å². The van der Waals surface area contributed by atoms with Gasteiger partial charge in [-0.15, -0.1) is 0 Å². The highest BCUT2D eigenvalue weighted by Gasteiger charge is 2.37. The number of hydrogen-bond donors (Lipinski definition) is 1. The monoisotopic (exact) mass is 826 g/mol. The number of benzene rings is 2. The summed E-state index contributed by atoms with van der Waals surface area (Å²) in [6.07, 6.45) is 11.0. The molecular weight excluding hydrogens is 767 g/mol. The number of carbonyl (C=O) groups is 3. The van der Waals surface area contributed by atoms with Gasteiger partial charge < -0.3 is 24.9 Å². The molecule has 3 saturated heterocycles. The molecule has 1 N–H and O–H groups in total. The van der Waals surface area contributed by atoms with Crippen molar-refractivity contribution < 1.29 is 18.8 Å². The number of carbonyl (C=O) groups excluding carboxylic acids is 3. The second kappa shape index (κ2) is 19.1. The molecular formula is C46H60ClFN8O3. The number of nitrogens with one attached hydrogen (secondary N) is 1. The Morgan fingerprint density at radius 3 is 2.17 bits per heavy atom. The Bertz CT molecular complexity index is 1920. The molecule has 8 rings (SSSR count). The first-order valence-corrected chi connectivity index (χ1v) is 22.5. The third-order valence-electron chi connectivity index (χ3n) is 13.9. The number of fused-ring (bicyclic) bond motifs is 1. The van der Waals surface area contributed by atoms with Crippen LogP contribution in [0.3, 0.4) is 0 Å². The predicted molar refractivity (Wildman–Crippen MR) is 228 cm³/mol. The second-order valence-electron chi connectivity index (χ2n) is 17.6. The van der Waals surface area contributed by atoms with Crippen LogP contribution in [-0.2, 0) is 16.0 Å². The van der Waals surface area contributed by atoms with Crippen LogP contribution in [0.1, 0.15) is 97.3 Å². The molecule has 13 heteroatoms. The van der Waals surface area contributed by atoms with E-state index in [1.54, 1.807) is 18.5 Å². The van der Waals surface area contributed by atoms with Gasteiger partial charge in [-0.3, -0.25) is 19.3 Å². The molecule has 3 atom stereocenters. The van der Waals surface area contributed by atoms with Crippen LogP contribution >= 0.6 is 11.6 Å². The molecule has 0 spiro atoms. The number of piperazine rings is 2. The second-order valence-corrected chi connectivity index (χ2v) is 18.0. The van der Waals surface area contributed by atoms with Gasteiger partial charge in [0.1, 0.15) is 24.0 Å². The number of anilines is 1. The first kappa shape index (κ1) is 41.6. The molecule has 2 aromatic carbocycles. The Morgan fingerprint density at radius 2 is 1.46 bits per heavy atom. The number of aromatic nitrogens is 2. The first-order valence-electron chi connectivity index (χ1n) is 22.1. The number of amides is 3. The van der Waals surface area contributed by atoms with Crippen molar-refractivity contribution in [1.82, 2.24) is 34.9 Å². The zero-order valence-corrected chi connectivity index (χ0v) is 35.3. The molecule has 3 aliphatic heterocycles. The summed E-state index contributed by atoms with van der Waals surface area (Å²) in [6.45, 7) is 11.5. The summed E-state index contributed by atoms with van der Waals surface area (Å²) in [7, 11) is 0. The molecule has 1 saturated carbocycles. The molecule has 2 aliphatic carbocycles. The van der Waals surface area contributed by atoms with E-state index in [9.17, 15) is 18.8 Å². The topological polar surface area (TPSA) is 105 Å². The van der Waals surface area contributed by atoms with E-state index in [-0.39, 0.29) is 29.2 Å². The number of aryl methyl sites for hydroxylation is 1. The minimum atomic E-state index is -0.639. The molecule has 0 bridgehead atoms. The van der Waals surface area contributed by atoms with Gasteiger partial charge >= 0.3 is 0 Å². The quantitative estimate of drug-likeness (QED) is 0.252. The molecule has 1 aromatic heterocycles. The zero-order chi connectivity index (χ0) is 40.9. The molecule has 59 heavy (non-hydrogen) atoms. The van der Waals surface area contributed by atoms with Crippen molar-refractivity contribution >= 4 is 35.1 Å². The van der Waals surface area contributed by atoms with Crippen LogP contribution in [0.4, 0.5) is 10.2 Å². The van der Waals surface area contributed by atoms with Crippen LogP contribution in [-0.4, -0.2) is 132 Å². The molecule has 0 radical (unpaired) electrons. The van der Waals surface area contributed by atoms with E-state index >= 15 is 0 Å². The van der Waals surface area contributed by atoms with E-state index in [4.69, 9.17) is 16.6 Å². The van der Waals surface area contributed by atoms with Gasteiger partial charge in [-0.2, -0.15) is 0 Å². The Kier molecular flexibility index (Phi) is 13.4. The highest BCUT2D eigenvalue weighted by molar-refractivity contribution is 6.30. The maximum atomic E-state index is 14.5. The molecule has 4 heterocycles. The average Bonchev–Trinajstić information content (AvgIpc) is 3.66. The van der Waals surface area contributed by atoms with Crippen molar-refractivity contribution in [3.05, 3.63) is 88.1 Å². The summed E-state index contributed by atoms with van der Waals surface area (Å²) in [5.41, 5.74) is 3.45. The van der Waals surface area contributed by atoms with Gasteiger partial charge in [-0.1, -0.05) is 62.1 Å². The van der Waals surface area contributed by atoms with Crippen LogP contribution in [0.15, 0.2) is 54.9 Å². The third-order valence-corrected chi connectivity index (χ3v) is 14.1. The molecule has 3 unspecified atom stereocenters. The van der Waals surface area contributed by atoms with Crippen molar-refractivity contribution in [2.45, 2.75) is 82.6 Å². The van der Waals surface area contributed by atoms with E-state index in [0.717, 1.165) is 115 Å². The number of nitrogens with zero attached hydrogens (tertiary/aromatic N) is 7. The van der Waals surface area contributed by atoms with E-state index in [0.29, 0.717) is 49.6 Å². The van der Waals surface area contributed by atoms with Crippen LogP contribution in [0.25, 0.3) is 0 Å². The molecule has 5 aliphatic rings. The summed E-state index contributed by atoms with van der Waals surface area (Å²) in [6, 6.07) is 13.1. The lowest BCUT2D eigenvalue weighted by Crippen LogP contribution is -2.57. The number of likely N-dealkylation sites (tertiary alicyclic amines) is 1. The highest BCUT2D eigenvalue weighted by atomic mass is 35.5. The number of rotatable bonds is 11. The van der Waals surface area contributed by atoms with Crippen molar-refractivity contribution in [2.24, 2.45) is 11.8 Å². The Morgan fingerprint density at radius 1 is 0.780 bits per heavy atom. The summed E-state index contributed by atoms with van der Waals surface area (Å²) < 4.78 is 14.5. The fourth-order valence-electron chi connectivity index (χ4n) is 10.3. The summed E-state index contributed by atoms with van der Waals surface area (Å²) >= 11 is 6.30. The smallest absolute Gasteiger partial charge is 0.254 e. The maximum absolute atomic E-state index is 14.5. The normalized spacial score (nSPS) is 22.2. The fraction of sp³-hybridized carbons (Fsp3) is 0.587. The van der Waals surface area contributed by atoms with E-state index < -0.39 is 17.8 Å². The summed E-state index contributed by atoms with van der Waals surface area (Å²) in [5.74, 6) is 0.907. The molecule has 4 fully saturated rings. The van der Waals surface area contributed by atoms with Crippen LogP contribution in [0.5, 0.6) is 0 Å². The van der Waals surface area contributed by atoms with Crippen molar-refractivity contribution in [2.75, 3.05) is 83.4 Å². The zero-order valence-electron chi connectivity index (χ0n) is 34.5. The van der Waals surface area contributed by atoms with Gasteiger partial charge in [0.25, 0.3) is 5.91 Å². The minimum Gasteiger partial charge on any atom is -0.353 e. The Hall–Kier alpha value is -4.13. The van der Waals surface area contributed by atoms with Crippen LogP contribution in [0.2, 0.25) is 5.02 Å². The number of hydrogen-bond acceptors (Lipinski definition) is 8. The first-order chi connectivity index (χ1) is 28.7. The lowest BCUT2D eigenvalue weighted by atomic mass is 9.83. The standard InChI is InChI=1S/C46H60ClFN8O3/c1-32-11-16-40-41(32)43(50-31-49-40)54-25-27-55(28-26-54)45(58)38(34-12-14-36(47)15-13-34)30-52-19-17-33(18-20-52)29-53-21-23-56(24-22-53)46(59)42(35-7-3-2-4-8-35)51-44(57)37-9-5-6-10-39(37)48/h5-6,9-10,12-15,31-33,35,38,42H,2-4,7-8,11,16-30H2,1H3,(H,51,57). The SMILES string of the molecule is CC1CCc2ncnc(N3CCN(C(=O)C(CN4CCC(CN5CCN(C(=O)C(NC(=O)c6ccccc6F)C6CCCCC6)CC5)CC4)c4ccc(Cl)cc4)CC3)c21. The highest BCUT2D eigenvalue weighted by Crippen LogP contribution is 2.37. The number of halogens is 2. The average molecular weight is 827 g/mol. The Balaban J connectivity index is 0.827. The molecule has 3 amide bonds. The van der Waals surface area contributed by atoms with Gasteiger partial charge in [0.15, 0.2) is 0 Å². The van der Waals surface area contributed by atoms with Gasteiger partial charge in [-0.05, 0) is 99.2 Å². The van der Waals surface area contributed by atoms with Gasteiger partial charge in [-0.25, -0.2) is 14.4 Å². The number of piperidine rings is 1. The largest absolute Gasteiger partial charge is 0.353 e. The third kappa shape index (κ3) is 9.76. The summed E-state index contributed by atoms with van der Waals surface area (Å²) in [5, 5.41) is 3.63. The Labute approximate surface area is 353 Å². The van der Waals surface area contributed by atoms with Crippen molar-refractivity contribution in [3.8, 4) is 0 Å². The molecule has 11 nitrogen and oxygen atoms in total. The van der Waals surface area contributed by atoms with E-state index in [2.05, 4.69) is 31.9 Å². The minimum absolute atomic E-state index is 0.0187. The fourth-order valence-corrected chi connectivity index (χ4v) is 10.4. The predicted octanol–water partition coefficient (Wildman–Crippen LogP) is 5.99. The molecule has 316 valence electrons. The van der Waals surface area contributed by atoms with Crippen LogP contribution < -0.4 is 10.2 Å². The molecule has 3 aromatic rings. The van der Waals surface area contributed by atoms with E-state index in [1.807, 2.05) is 34.1 Å². The lowest BCUT2D eigenvalue weighted by Gasteiger charge is -2.41. The van der Waals surface area contributed by atoms with Crippen molar-refractivity contribution in [3.63, 3.8) is 0 Å². The van der Waals surface area contributed by atoms with Gasteiger partial charge in [0, 0.05) is 81.7 Å². The summed E-state index contributed by atoms with van der Waals surface area (Å²) in [4.78, 5) is 62.1. The maximum Gasteiger partial charge on any atom is 0.254 e. The van der Waals surface area contributed by atoms with E-state index in [1.165, 1.54) is 23.4 Å².